The zero-order valence-electron chi connectivity index (χ0n) is 9.81. The van der Waals surface area contributed by atoms with Crippen LogP contribution in [0.1, 0.15) is 0 Å². The van der Waals surface area contributed by atoms with Gasteiger partial charge in [0.15, 0.2) is 0 Å². The summed E-state index contributed by atoms with van der Waals surface area (Å²) in [7, 11) is 1.28. The van der Waals surface area contributed by atoms with Gasteiger partial charge in [-0.2, -0.15) is 0 Å². The summed E-state index contributed by atoms with van der Waals surface area (Å²) < 4.78 is 18.3. The number of rotatable bonds is 2. The number of hydrogen-bond acceptors (Lipinski definition) is 2. The highest BCUT2D eigenvalue weighted by Gasteiger charge is 2.10. The first-order chi connectivity index (χ1) is 8.72. The average molecular weight is 245 g/mol. The molecule has 0 aliphatic rings. The number of para-hydroxylation sites is 1. The first-order valence-corrected chi connectivity index (χ1v) is 5.41. The van der Waals surface area contributed by atoms with Gasteiger partial charge in [-0.05, 0) is 12.1 Å². The lowest BCUT2D eigenvalue weighted by atomic mass is 10.0. The third-order valence-electron chi connectivity index (χ3n) is 2.51. The number of ether oxygens (including phenoxy) is 1. The van der Waals surface area contributed by atoms with Gasteiger partial charge in [-0.1, -0.05) is 36.4 Å². The quantitative estimate of drug-likeness (QED) is 0.876. The Balaban J connectivity index is 2.45. The van der Waals surface area contributed by atoms with Crippen LogP contribution in [0, 0.1) is 5.82 Å². The van der Waals surface area contributed by atoms with Crippen molar-refractivity contribution in [1.29, 1.82) is 0 Å². The Morgan fingerprint density at radius 1 is 1.06 bits per heavy atom. The topological polar surface area (TPSA) is 38.3 Å². The minimum atomic E-state index is -0.584. The Morgan fingerprint density at radius 2 is 1.67 bits per heavy atom. The molecule has 0 radical (unpaired) electrons. The molecule has 0 aliphatic carbocycles. The van der Waals surface area contributed by atoms with Crippen molar-refractivity contribution in [2.75, 3.05) is 12.4 Å². The van der Waals surface area contributed by atoms with Gasteiger partial charge in [-0.25, -0.2) is 9.18 Å². The molecule has 1 amide bonds. The Labute approximate surface area is 104 Å². The molecule has 0 atom stereocenters. The van der Waals surface area contributed by atoms with E-state index in [0.717, 1.165) is 0 Å². The maximum atomic E-state index is 13.7. The van der Waals surface area contributed by atoms with E-state index in [1.54, 1.807) is 42.5 Å². The molecule has 0 spiro atoms. The molecule has 0 unspecified atom stereocenters. The predicted octanol–water partition coefficient (Wildman–Crippen LogP) is 3.67. The molecule has 0 heterocycles. The van der Waals surface area contributed by atoms with Crippen LogP contribution in [0.3, 0.4) is 0 Å². The molecule has 4 heteroatoms. The van der Waals surface area contributed by atoms with Gasteiger partial charge < -0.3 is 4.74 Å². The molecule has 0 saturated heterocycles. The Bertz CT molecular complexity index is 569. The van der Waals surface area contributed by atoms with Crippen LogP contribution in [-0.2, 0) is 4.74 Å². The Hall–Kier alpha value is -2.36. The second-order valence-corrected chi connectivity index (χ2v) is 3.64. The third-order valence-corrected chi connectivity index (χ3v) is 2.51. The molecular weight excluding hydrogens is 233 g/mol. The summed E-state index contributed by atoms with van der Waals surface area (Å²) in [6, 6.07) is 13.4. The number of benzene rings is 2. The number of nitrogens with one attached hydrogen (secondary N) is 1. The van der Waals surface area contributed by atoms with E-state index in [1.807, 2.05) is 0 Å². The molecule has 1 N–H and O–H groups in total. The molecule has 0 bridgehead atoms. The van der Waals surface area contributed by atoms with Crippen molar-refractivity contribution in [3.8, 4) is 11.1 Å². The highest BCUT2D eigenvalue weighted by molar-refractivity contribution is 5.91. The van der Waals surface area contributed by atoms with Gasteiger partial charge in [-0.3, -0.25) is 5.32 Å². The van der Waals surface area contributed by atoms with Crippen LogP contribution in [0.15, 0.2) is 48.5 Å². The second-order valence-electron chi connectivity index (χ2n) is 3.64. The van der Waals surface area contributed by atoms with E-state index < -0.39 is 6.09 Å². The summed E-state index contributed by atoms with van der Waals surface area (Å²) in [6.07, 6.45) is -0.584. The van der Waals surface area contributed by atoms with E-state index >= 15 is 0 Å². The number of hydrogen-bond donors (Lipinski definition) is 1. The molecule has 0 aromatic heterocycles. The number of carbonyl (C=O) groups excluding carboxylic acids is 1. The van der Waals surface area contributed by atoms with Crippen LogP contribution in [0.4, 0.5) is 14.9 Å². The summed E-state index contributed by atoms with van der Waals surface area (Å²) in [5, 5.41) is 2.56. The number of anilines is 1. The highest BCUT2D eigenvalue weighted by atomic mass is 19.1. The van der Waals surface area contributed by atoms with Crippen molar-refractivity contribution >= 4 is 11.8 Å². The van der Waals surface area contributed by atoms with Crippen LogP contribution in [0.25, 0.3) is 11.1 Å². The summed E-state index contributed by atoms with van der Waals surface area (Å²) in [5.74, 6) is -0.336. The van der Waals surface area contributed by atoms with Gasteiger partial charge in [0.1, 0.15) is 5.82 Å². The van der Waals surface area contributed by atoms with Gasteiger partial charge in [0.05, 0.1) is 12.8 Å². The van der Waals surface area contributed by atoms with Crippen molar-refractivity contribution in [2.24, 2.45) is 0 Å². The van der Waals surface area contributed by atoms with Crippen LogP contribution < -0.4 is 5.32 Å². The standard InChI is InChI=1S/C14H12FNO2/c1-18-14(17)16-13-9-5-3-7-11(13)10-6-2-4-8-12(10)15/h2-9H,1H3,(H,16,17). The summed E-state index contributed by atoms with van der Waals surface area (Å²) in [5.41, 5.74) is 1.56. The highest BCUT2D eigenvalue weighted by Crippen LogP contribution is 2.29. The minimum absolute atomic E-state index is 0.336. The van der Waals surface area contributed by atoms with E-state index in [2.05, 4.69) is 10.1 Å². The van der Waals surface area contributed by atoms with Crippen molar-refractivity contribution in [2.45, 2.75) is 0 Å². The summed E-state index contributed by atoms with van der Waals surface area (Å²) >= 11 is 0. The van der Waals surface area contributed by atoms with Crippen molar-refractivity contribution < 1.29 is 13.9 Å². The van der Waals surface area contributed by atoms with Crippen molar-refractivity contribution in [3.63, 3.8) is 0 Å². The lowest BCUT2D eigenvalue weighted by Gasteiger charge is -2.10. The van der Waals surface area contributed by atoms with Gasteiger partial charge in [0, 0.05) is 11.1 Å². The lowest BCUT2D eigenvalue weighted by molar-refractivity contribution is 0.187. The molecule has 0 fully saturated rings. The summed E-state index contributed by atoms with van der Waals surface area (Å²) in [4.78, 5) is 11.2. The molecule has 2 rings (SSSR count). The zero-order valence-corrected chi connectivity index (χ0v) is 9.81. The molecule has 3 nitrogen and oxygen atoms in total. The number of amides is 1. The minimum Gasteiger partial charge on any atom is -0.453 e. The number of methoxy groups -OCH3 is 1. The Morgan fingerprint density at radius 3 is 2.33 bits per heavy atom. The van der Waals surface area contributed by atoms with Gasteiger partial charge in [0.2, 0.25) is 0 Å². The van der Waals surface area contributed by atoms with E-state index in [1.165, 1.54) is 13.2 Å². The zero-order chi connectivity index (χ0) is 13.0. The molecule has 0 aliphatic heterocycles. The van der Waals surface area contributed by atoms with E-state index in [0.29, 0.717) is 16.8 Å². The summed E-state index contributed by atoms with van der Waals surface area (Å²) in [6.45, 7) is 0. The molecule has 2 aromatic rings. The van der Waals surface area contributed by atoms with Gasteiger partial charge in [0.25, 0.3) is 0 Å². The fourth-order valence-electron chi connectivity index (χ4n) is 1.67. The Kier molecular flexibility index (Phi) is 3.57. The van der Waals surface area contributed by atoms with Gasteiger partial charge >= 0.3 is 6.09 Å². The fraction of sp³-hybridized carbons (Fsp3) is 0.0714. The number of carbonyl (C=O) groups is 1. The molecule has 92 valence electrons. The number of halogens is 1. The van der Waals surface area contributed by atoms with Crippen molar-refractivity contribution in [1.82, 2.24) is 0 Å². The first kappa shape index (κ1) is 12.1. The second kappa shape index (κ2) is 5.31. The first-order valence-electron chi connectivity index (χ1n) is 5.41. The van der Waals surface area contributed by atoms with E-state index in [4.69, 9.17) is 0 Å². The smallest absolute Gasteiger partial charge is 0.411 e. The SMILES string of the molecule is COC(=O)Nc1ccccc1-c1ccccc1F. The molecule has 18 heavy (non-hydrogen) atoms. The van der Waals surface area contributed by atoms with Crippen LogP contribution in [0.2, 0.25) is 0 Å². The normalized spacial score (nSPS) is 9.89. The average Bonchev–Trinajstić information content (AvgIpc) is 2.40. The van der Waals surface area contributed by atoms with Crippen LogP contribution in [0.5, 0.6) is 0 Å². The van der Waals surface area contributed by atoms with Crippen molar-refractivity contribution in [3.05, 3.63) is 54.3 Å². The van der Waals surface area contributed by atoms with Crippen LogP contribution >= 0.6 is 0 Å². The maximum Gasteiger partial charge on any atom is 0.411 e. The third kappa shape index (κ3) is 2.48. The maximum absolute atomic E-state index is 13.7. The van der Waals surface area contributed by atoms with Gasteiger partial charge in [-0.15, -0.1) is 0 Å². The molecule has 0 saturated carbocycles. The monoisotopic (exact) mass is 245 g/mol. The molecular formula is C14H12FNO2. The van der Waals surface area contributed by atoms with Crippen LogP contribution in [-0.4, -0.2) is 13.2 Å². The lowest BCUT2D eigenvalue weighted by Crippen LogP contribution is -2.11. The predicted molar refractivity (Wildman–Crippen MR) is 67.9 cm³/mol. The fourth-order valence-corrected chi connectivity index (χ4v) is 1.67. The van der Waals surface area contributed by atoms with E-state index in [-0.39, 0.29) is 5.82 Å². The molecule has 2 aromatic carbocycles. The largest absolute Gasteiger partial charge is 0.453 e. The van der Waals surface area contributed by atoms with E-state index in [9.17, 15) is 9.18 Å².